The van der Waals surface area contributed by atoms with Gasteiger partial charge in [0.05, 0.1) is 22.2 Å². The third-order valence-corrected chi connectivity index (χ3v) is 7.81. The number of nitrogens with zero attached hydrogens (tertiary/aromatic N) is 5. The van der Waals surface area contributed by atoms with E-state index in [0.29, 0.717) is 23.0 Å². The molecule has 184 valence electrons. The van der Waals surface area contributed by atoms with Crippen LogP contribution in [0.15, 0.2) is 46.9 Å². The number of hydrogen-bond donors (Lipinski definition) is 0. The van der Waals surface area contributed by atoms with Gasteiger partial charge in [-0.1, -0.05) is 47.7 Å². The van der Waals surface area contributed by atoms with E-state index in [-0.39, 0.29) is 12.6 Å². The summed E-state index contributed by atoms with van der Waals surface area (Å²) in [6, 6.07) is 11.1. The van der Waals surface area contributed by atoms with Crippen LogP contribution in [0, 0.1) is 6.92 Å². The molecule has 11 heteroatoms. The highest BCUT2D eigenvalue weighted by Crippen LogP contribution is 2.34. The van der Waals surface area contributed by atoms with E-state index in [1.807, 2.05) is 35.7 Å². The monoisotopic (exact) mass is 519 g/mol. The number of hydrogen-bond acceptors (Lipinski definition) is 6. The maximum absolute atomic E-state index is 12.9. The minimum atomic E-state index is -4.46. The van der Waals surface area contributed by atoms with Crippen molar-refractivity contribution in [2.24, 2.45) is 5.16 Å². The number of halogens is 3. The molecule has 0 bridgehead atoms. The van der Waals surface area contributed by atoms with Crippen molar-refractivity contribution in [1.29, 1.82) is 0 Å². The van der Waals surface area contributed by atoms with E-state index in [1.54, 1.807) is 18.3 Å². The Bertz CT molecular complexity index is 1230. The number of rotatable bonds is 5. The van der Waals surface area contributed by atoms with E-state index < -0.39 is 11.9 Å². The number of alkyl halides is 3. The summed E-state index contributed by atoms with van der Waals surface area (Å²) in [6.45, 7) is 3.26. The van der Waals surface area contributed by atoms with Crippen LogP contribution in [0.25, 0.3) is 0 Å². The van der Waals surface area contributed by atoms with E-state index in [0.717, 1.165) is 54.0 Å². The third-order valence-electron chi connectivity index (χ3n) is 6.41. The van der Waals surface area contributed by atoms with E-state index in [2.05, 4.69) is 15.2 Å². The van der Waals surface area contributed by atoms with Gasteiger partial charge in [-0.05, 0) is 31.4 Å². The summed E-state index contributed by atoms with van der Waals surface area (Å²) in [6.07, 6.45) is -2.07. The molecule has 0 amide bonds. The maximum Gasteiger partial charge on any atom is 0.435 e. The van der Waals surface area contributed by atoms with Crippen LogP contribution in [0.5, 0.6) is 0 Å². The van der Waals surface area contributed by atoms with E-state index in [4.69, 9.17) is 22.0 Å². The summed E-state index contributed by atoms with van der Waals surface area (Å²) in [5, 5.41) is 11.1. The number of likely N-dealkylation sites (tertiary alicyclic amines) is 1. The highest BCUT2D eigenvalue weighted by Gasteiger charge is 2.35. The van der Waals surface area contributed by atoms with Gasteiger partial charge in [0.1, 0.15) is 5.71 Å². The molecule has 35 heavy (non-hydrogen) atoms. The van der Waals surface area contributed by atoms with Crippen LogP contribution >= 0.6 is 23.6 Å². The van der Waals surface area contributed by atoms with Crippen LogP contribution in [0.2, 0.25) is 0 Å². The molecule has 0 spiro atoms. The molecule has 0 saturated carbocycles. The lowest BCUT2D eigenvalue weighted by molar-refractivity contribution is -0.141. The van der Waals surface area contributed by atoms with Crippen LogP contribution < -0.4 is 0 Å². The molecule has 6 nitrogen and oxygen atoms in total. The Kier molecular flexibility index (Phi) is 6.63. The van der Waals surface area contributed by atoms with E-state index >= 15 is 0 Å². The summed E-state index contributed by atoms with van der Waals surface area (Å²) < 4.78 is 40.1. The molecular weight excluding hydrogens is 495 g/mol. The molecule has 0 aliphatic carbocycles. The standard InChI is InChI=1S/C24H24F3N5OS2/c1-15-11-21(24(25,26)27)29-32(15)13-22(34)31-9-7-17(8-10-31)23-28-19(14-35-23)18-12-20(33-30-18)16-5-3-2-4-6-16/h2-6,11,14,17,20H,7-10,12-13H2,1H3. The topological polar surface area (TPSA) is 55.5 Å². The maximum atomic E-state index is 12.9. The first kappa shape index (κ1) is 23.9. The Labute approximate surface area is 210 Å². The Hall–Kier alpha value is -2.79. The third kappa shape index (κ3) is 5.25. The van der Waals surface area contributed by atoms with E-state index in [9.17, 15) is 13.2 Å². The summed E-state index contributed by atoms with van der Waals surface area (Å²) >= 11 is 7.18. The fourth-order valence-corrected chi connectivity index (χ4v) is 5.70. The van der Waals surface area contributed by atoms with Gasteiger partial charge < -0.3 is 9.74 Å². The second-order valence-corrected chi connectivity index (χ2v) is 10.2. The van der Waals surface area contributed by atoms with Gasteiger partial charge in [0.15, 0.2) is 11.8 Å². The van der Waals surface area contributed by atoms with Crippen molar-refractivity contribution in [1.82, 2.24) is 19.7 Å². The van der Waals surface area contributed by atoms with Crippen LogP contribution in [-0.4, -0.2) is 43.5 Å². The highest BCUT2D eigenvalue weighted by molar-refractivity contribution is 7.80. The average Bonchev–Trinajstić information content (AvgIpc) is 3.60. The summed E-state index contributed by atoms with van der Waals surface area (Å²) in [7, 11) is 0. The molecule has 1 aromatic carbocycles. The molecular formula is C24H24F3N5OS2. The first-order chi connectivity index (χ1) is 16.8. The smallest absolute Gasteiger partial charge is 0.387 e. The van der Waals surface area contributed by atoms with Crippen molar-refractivity contribution >= 4 is 34.3 Å². The van der Waals surface area contributed by atoms with Gasteiger partial charge in [0.2, 0.25) is 0 Å². The number of aromatic nitrogens is 3. The fourth-order valence-electron chi connectivity index (χ4n) is 4.40. The zero-order valence-corrected chi connectivity index (χ0v) is 20.7. The summed E-state index contributed by atoms with van der Waals surface area (Å²) in [4.78, 5) is 13.2. The SMILES string of the molecule is Cc1cc(C(F)(F)F)nn1CC(=S)N1CCC(c2nc(C3=NOC(c4ccccc4)C3)cs2)CC1. The predicted molar refractivity (Wildman–Crippen MR) is 132 cm³/mol. The Morgan fingerprint density at radius 3 is 2.63 bits per heavy atom. The Morgan fingerprint density at radius 2 is 1.94 bits per heavy atom. The van der Waals surface area contributed by atoms with Gasteiger partial charge in [-0.2, -0.15) is 18.3 Å². The number of benzene rings is 1. The largest absolute Gasteiger partial charge is 0.435 e. The zero-order chi connectivity index (χ0) is 24.6. The van der Waals surface area contributed by atoms with Gasteiger partial charge in [-0.3, -0.25) is 4.68 Å². The number of aryl methyl sites for hydroxylation is 1. The van der Waals surface area contributed by atoms with Crippen molar-refractivity contribution in [3.8, 4) is 0 Å². The molecule has 0 N–H and O–H groups in total. The first-order valence-electron chi connectivity index (χ1n) is 11.4. The van der Waals surface area contributed by atoms with Gasteiger partial charge >= 0.3 is 6.18 Å². The molecule has 3 aromatic rings. The lowest BCUT2D eigenvalue weighted by Crippen LogP contribution is -2.39. The molecule has 1 fully saturated rings. The number of piperidine rings is 1. The number of oxime groups is 1. The number of thiocarbonyl (C=S) groups is 1. The predicted octanol–water partition coefficient (Wildman–Crippen LogP) is 5.74. The minimum Gasteiger partial charge on any atom is -0.387 e. The Morgan fingerprint density at radius 1 is 1.20 bits per heavy atom. The normalized spacial score (nSPS) is 19.0. The lowest BCUT2D eigenvalue weighted by Gasteiger charge is -2.33. The summed E-state index contributed by atoms with van der Waals surface area (Å²) in [5.74, 6) is 0.323. The molecule has 1 atom stereocenters. The van der Waals surface area contributed by atoms with Crippen LogP contribution in [0.3, 0.4) is 0 Å². The van der Waals surface area contributed by atoms with Crippen molar-refractivity contribution in [2.75, 3.05) is 13.1 Å². The lowest BCUT2D eigenvalue weighted by atomic mass is 9.97. The molecule has 4 heterocycles. The van der Waals surface area contributed by atoms with Gasteiger partial charge in [-0.25, -0.2) is 4.98 Å². The highest BCUT2D eigenvalue weighted by atomic mass is 32.1. The molecule has 2 aliphatic rings. The van der Waals surface area contributed by atoms with Crippen LogP contribution in [-0.2, 0) is 17.6 Å². The molecule has 2 aromatic heterocycles. The second kappa shape index (κ2) is 9.69. The number of thiazole rings is 1. The molecule has 2 aliphatic heterocycles. The summed E-state index contributed by atoms with van der Waals surface area (Å²) in [5.41, 5.74) is 2.40. The molecule has 1 saturated heterocycles. The zero-order valence-electron chi connectivity index (χ0n) is 19.0. The van der Waals surface area contributed by atoms with Crippen molar-refractivity contribution < 1.29 is 18.0 Å². The van der Waals surface area contributed by atoms with Crippen LogP contribution in [0.4, 0.5) is 13.2 Å². The van der Waals surface area contributed by atoms with Crippen LogP contribution in [0.1, 0.15) is 58.9 Å². The van der Waals surface area contributed by atoms with Gasteiger partial charge in [0.25, 0.3) is 0 Å². The van der Waals surface area contributed by atoms with Gasteiger partial charge in [0, 0.05) is 36.5 Å². The fraction of sp³-hybridized carbons (Fsp3) is 0.417. The molecule has 5 rings (SSSR count). The average molecular weight is 520 g/mol. The molecule has 1 unspecified atom stereocenters. The molecule has 0 radical (unpaired) electrons. The van der Waals surface area contributed by atoms with E-state index in [1.165, 1.54) is 4.68 Å². The van der Waals surface area contributed by atoms with Crippen molar-refractivity contribution in [3.05, 3.63) is 69.4 Å². The second-order valence-electron chi connectivity index (χ2n) is 8.80. The Balaban J connectivity index is 1.15. The van der Waals surface area contributed by atoms with Crippen molar-refractivity contribution in [3.63, 3.8) is 0 Å². The minimum absolute atomic E-state index is 0.0776. The first-order valence-corrected chi connectivity index (χ1v) is 12.7. The van der Waals surface area contributed by atoms with Crippen molar-refractivity contribution in [2.45, 2.75) is 50.9 Å². The van der Waals surface area contributed by atoms with Gasteiger partial charge in [-0.15, -0.1) is 11.3 Å². The quantitative estimate of drug-likeness (QED) is 0.403.